The molecule has 2 aromatic rings. The first-order chi connectivity index (χ1) is 6.84. The smallest absolute Gasteiger partial charge is 0.117 e. The molecular formula is C12H13NO2. The highest BCUT2D eigenvalue weighted by atomic mass is 16.3. The summed E-state index contributed by atoms with van der Waals surface area (Å²) in [5.41, 5.74) is 1.90. The van der Waals surface area contributed by atoms with Crippen molar-refractivity contribution in [3.63, 3.8) is 0 Å². The predicted octanol–water partition coefficient (Wildman–Crippen LogP) is 2.31. The van der Waals surface area contributed by atoms with Gasteiger partial charge < -0.3 is 15.9 Å². The molecule has 0 heterocycles. The lowest BCUT2D eigenvalue weighted by Gasteiger charge is -2.05. The van der Waals surface area contributed by atoms with E-state index in [1.165, 1.54) is 0 Å². The molecule has 0 atom stereocenters. The predicted molar refractivity (Wildman–Crippen MR) is 61.4 cm³/mol. The fourth-order valence-electron chi connectivity index (χ4n) is 1.27. The largest absolute Gasteiger partial charge is 0.508 e. The van der Waals surface area contributed by atoms with Gasteiger partial charge >= 0.3 is 0 Å². The van der Waals surface area contributed by atoms with Gasteiger partial charge in [-0.3, -0.25) is 0 Å². The second-order valence-electron chi connectivity index (χ2n) is 3.04. The van der Waals surface area contributed by atoms with Crippen molar-refractivity contribution >= 4 is 11.4 Å². The number of anilines is 2. The van der Waals surface area contributed by atoms with Crippen LogP contribution in [0, 0.1) is 0 Å². The lowest BCUT2D eigenvalue weighted by Crippen LogP contribution is -1.88. The van der Waals surface area contributed by atoms with Gasteiger partial charge in [0.05, 0.1) is 0 Å². The first kappa shape index (κ1) is 11.1. The average Bonchev–Trinajstić information content (AvgIpc) is 2.19. The summed E-state index contributed by atoms with van der Waals surface area (Å²) in [7, 11) is 0. The van der Waals surface area contributed by atoms with E-state index in [9.17, 15) is 5.11 Å². The molecule has 0 amide bonds. The van der Waals surface area contributed by atoms with E-state index in [1.807, 2.05) is 36.4 Å². The molecule has 0 radical (unpaired) electrons. The maximum Gasteiger partial charge on any atom is 0.117 e. The van der Waals surface area contributed by atoms with E-state index in [-0.39, 0.29) is 11.2 Å². The first-order valence-electron chi connectivity index (χ1n) is 4.46. The molecule has 3 heteroatoms. The van der Waals surface area contributed by atoms with E-state index in [1.54, 1.807) is 18.2 Å². The summed E-state index contributed by atoms with van der Waals surface area (Å²) >= 11 is 0. The monoisotopic (exact) mass is 203 g/mol. The van der Waals surface area contributed by atoms with Crippen LogP contribution in [-0.2, 0) is 0 Å². The van der Waals surface area contributed by atoms with Crippen molar-refractivity contribution in [2.24, 2.45) is 0 Å². The second kappa shape index (κ2) is 5.02. The van der Waals surface area contributed by atoms with Crippen LogP contribution < -0.4 is 5.32 Å². The molecule has 0 unspecified atom stereocenters. The molecule has 2 rings (SSSR count). The number of hydrogen-bond acceptors (Lipinski definition) is 2. The minimum absolute atomic E-state index is 0. The van der Waals surface area contributed by atoms with Crippen LogP contribution in [0.5, 0.6) is 5.75 Å². The third kappa shape index (κ3) is 3.00. The number of hydrogen-bond donors (Lipinski definition) is 2. The number of rotatable bonds is 2. The van der Waals surface area contributed by atoms with E-state index >= 15 is 0 Å². The Labute approximate surface area is 88.3 Å². The number of nitrogens with one attached hydrogen (secondary N) is 1. The Morgan fingerprint density at radius 2 is 1.47 bits per heavy atom. The zero-order valence-electron chi connectivity index (χ0n) is 8.14. The van der Waals surface area contributed by atoms with Gasteiger partial charge in [-0.05, 0) is 24.3 Å². The summed E-state index contributed by atoms with van der Waals surface area (Å²) in [5, 5.41) is 12.4. The van der Waals surface area contributed by atoms with Gasteiger partial charge in [0.2, 0.25) is 0 Å². The third-order valence-electron chi connectivity index (χ3n) is 1.91. The highest BCUT2D eigenvalue weighted by Crippen LogP contribution is 2.19. The highest BCUT2D eigenvalue weighted by Gasteiger charge is 1.93. The summed E-state index contributed by atoms with van der Waals surface area (Å²) in [6.45, 7) is 0. The molecule has 78 valence electrons. The van der Waals surface area contributed by atoms with Gasteiger partial charge in [-0.1, -0.05) is 24.3 Å². The summed E-state index contributed by atoms with van der Waals surface area (Å²) in [6.07, 6.45) is 0. The van der Waals surface area contributed by atoms with Crippen molar-refractivity contribution in [1.29, 1.82) is 0 Å². The summed E-state index contributed by atoms with van der Waals surface area (Å²) in [4.78, 5) is 0. The van der Waals surface area contributed by atoms with Crippen LogP contribution >= 0.6 is 0 Å². The van der Waals surface area contributed by atoms with Crippen molar-refractivity contribution in [2.45, 2.75) is 0 Å². The Kier molecular flexibility index (Phi) is 3.71. The fourth-order valence-corrected chi connectivity index (χ4v) is 1.27. The van der Waals surface area contributed by atoms with Crippen molar-refractivity contribution in [3.8, 4) is 5.75 Å². The molecule has 0 bridgehead atoms. The van der Waals surface area contributed by atoms with Crippen molar-refractivity contribution in [3.05, 3.63) is 54.6 Å². The van der Waals surface area contributed by atoms with E-state index in [4.69, 9.17) is 0 Å². The standard InChI is InChI=1S/C12H11NO.H2O/c14-12-8-4-7-11(9-12)13-10-5-2-1-3-6-10;/h1-9,13-14H;1H2. The molecule has 0 aliphatic heterocycles. The Morgan fingerprint density at radius 3 is 2.13 bits per heavy atom. The molecule has 0 aliphatic rings. The Hall–Kier alpha value is -2.00. The second-order valence-corrected chi connectivity index (χ2v) is 3.04. The van der Waals surface area contributed by atoms with Gasteiger partial charge in [0, 0.05) is 17.4 Å². The number of benzene rings is 2. The van der Waals surface area contributed by atoms with Crippen LogP contribution in [0.25, 0.3) is 0 Å². The van der Waals surface area contributed by atoms with Crippen LogP contribution in [0.3, 0.4) is 0 Å². The maximum absolute atomic E-state index is 9.25. The lowest BCUT2D eigenvalue weighted by atomic mass is 10.2. The van der Waals surface area contributed by atoms with Crippen LogP contribution in [0.4, 0.5) is 11.4 Å². The quantitative estimate of drug-likeness (QED) is 0.786. The van der Waals surface area contributed by atoms with Crippen LogP contribution in [0.15, 0.2) is 54.6 Å². The molecule has 0 aliphatic carbocycles. The molecule has 0 saturated heterocycles. The first-order valence-corrected chi connectivity index (χ1v) is 4.46. The Bertz CT molecular complexity index is 415. The molecule has 2 aromatic carbocycles. The van der Waals surface area contributed by atoms with Crippen molar-refractivity contribution in [1.82, 2.24) is 0 Å². The van der Waals surface area contributed by atoms with E-state index in [2.05, 4.69) is 5.32 Å². The number of para-hydroxylation sites is 1. The molecule has 0 fully saturated rings. The average molecular weight is 203 g/mol. The minimum Gasteiger partial charge on any atom is -0.508 e. The van der Waals surface area contributed by atoms with E-state index in [0.29, 0.717) is 0 Å². The van der Waals surface area contributed by atoms with Gasteiger partial charge in [0.1, 0.15) is 5.75 Å². The van der Waals surface area contributed by atoms with Gasteiger partial charge in [-0.2, -0.15) is 0 Å². The molecular weight excluding hydrogens is 190 g/mol. The maximum atomic E-state index is 9.25. The molecule has 3 nitrogen and oxygen atoms in total. The zero-order valence-corrected chi connectivity index (χ0v) is 8.14. The van der Waals surface area contributed by atoms with Crippen LogP contribution in [-0.4, -0.2) is 10.6 Å². The van der Waals surface area contributed by atoms with Gasteiger partial charge in [0.25, 0.3) is 0 Å². The van der Waals surface area contributed by atoms with E-state index in [0.717, 1.165) is 11.4 Å². The molecule has 0 aromatic heterocycles. The summed E-state index contributed by atoms with van der Waals surface area (Å²) in [5.74, 6) is 0.269. The zero-order chi connectivity index (χ0) is 9.80. The van der Waals surface area contributed by atoms with Gasteiger partial charge in [-0.25, -0.2) is 0 Å². The summed E-state index contributed by atoms with van der Waals surface area (Å²) < 4.78 is 0. The topological polar surface area (TPSA) is 63.8 Å². The van der Waals surface area contributed by atoms with E-state index < -0.39 is 0 Å². The Morgan fingerprint density at radius 1 is 0.800 bits per heavy atom. The normalized spacial score (nSPS) is 9.07. The van der Waals surface area contributed by atoms with Gasteiger partial charge in [-0.15, -0.1) is 0 Å². The lowest BCUT2D eigenvalue weighted by molar-refractivity contribution is 0.475. The Balaban J connectivity index is 0.00000112. The van der Waals surface area contributed by atoms with Crippen molar-refractivity contribution in [2.75, 3.05) is 5.32 Å². The molecule has 0 saturated carbocycles. The van der Waals surface area contributed by atoms with Gasteiger partial charge in [0.15, 0.2) is 0 Å². The third-order valence-corrected chi connectivity index (χ3v) is 1.91. The highest BCUT2D eigenvalue weighted by molar-refractivity contribution is 5.60. The number of aromatic hydroxyl groups is 1. The summed E-state index contributed by atoms with van der Waals surface area (Å²) in [6, 6.07) is 16.9. The number of phenolic OH excluding ortho intramolecular Hbond substituents is 1. The fraction of sp³-hybridized carbons (Fsp3) is 0. The molecule has 0 spiro atoms. The van der Waals surface area contributed by atoms with Crippen molar-refractivity contribution < 1.29 is 10.6 Å². The molecule has 4 N–H and O–H groups in total. The SMILES string of the molecule is O.Oc1cccc(Nc2ccccc2)c1. The van der Waals surface area contributed by atoms with Crippen LogP contribution in [0.1, 0.15) is 0 Å². The molecule has 15 heavy (non-hydrogen) atoms. The van der Waals surface area contributed by atoms with Crippen LogP contribution in [0.2, 0.25) is 0 Å². The minimum atomic E-state index is 0. The number of phenols is 1.